The maximum atomic E-state index is 9.55. The highest BCUT2D eigenvalue weighted by Gasteiger charge is 1.91. The predicted octanol–water partition coefficient (Wildman–Crippen LogP) is 2.71. The number of aliphatic hydroxyl groups is 2. The fourth-order valence-corrected chi connectivity index (χ4v) is 2.58. The second-order valence-electron chi connectivity index (χ2n) is 4.19. The van der Waals surface area contributed by atoms with E-state index in [0.717, 1.165) is 9.47 Å². The number of carbonyl (C=O) groups is 2. The lowest BCUT2D eigenvalue weighted by molar-refractivity contribution is -0.137. The number of rotatable bonds is 5. The molecule has 0 saturated carbocycles. The molecule has 0 spiro atoms. The number of benzene rings is 1. The minimum absolute atomic E-state index is 0.125. The number of carboxylic acid groups (broad SMARTS) is 2. The summed E-state index contributed by atoms with van der Waals surface area (Å²) >= 11 is 13.9. The molecule has 0 aliphatic rings. The normalized spacial score (nSPS) is 8.92. The number of carboxylic acids is 2. The Bertz CT molecular complexity index is 619. The number of nitrogens with one attached hydrogen (secondary N) is 1. The maximum Gasteiger partial charge on any atom is 0.304 e. The van der Waals surface area contributed by atoms with Crippen molar-refractivity contribution in [2.75, 3.05) is 24.7 Å². The molecule has 2 rings (SSSR count). The fraction of sp³-hybridized carbons (Fsp3) is 0.400. The zero-order valence-electron chi connectivity index (χ0n) is 13.9. The lowest BCUT2D eigenvalue weighted by Gasteiger charge is -1.81. The van der Waals surface area contributed by atoms with Gasteiger partial charge < -0.3 is 25.4 Å². The number of fused-ring (bicyclic) bond motifs is 1. The second-order valence-corrected chi connectivity index (χ2v) is 6.81. The Kier molecular flexibility index (Phi) is 19.5. The molecule has 2 aromatic rings. The average Bonchev–Trinajstić information content (AvgIpc) is 2.96. The van der Waals surface area contributed by atoms with Crippen LogP contribution in [-0.2, 0) is 9.59 Å². The van der Waals surface area contributed by atoms with Gasteiger partial charge in [-0.05, 0) is 24.4 Å². The third-order valence-corrected chi connectivity index (χ3v) is 3.74. The van der Waals surface area contributed by atoms with Crippen LogP contribution >= 0.6 is 48.8 Å². The van der Waals surface area contributed by atoms with Gasteiger partial charge >= 0.3 is 11.9 Å². The van der Waals surface area contributed by atoms with Gasteiger partial charge in [-0.15, -0.1) is 11.3 Å². The molecule has 0 fully saturated rings. The van der Waals surface area contributed by atoms with E-state index in [1.54, 1.807) is 11.3 Å². The Labute approximate surface area is 171 Å². The van der Waals surface area contributed by atoms with Gasteiger partial charge in [-0.25, -0.2) is 0 Å². The minimum atomic E-state index is -0.787. The summed E-state index contributed by atoms with van der Waals surface area (Å²) in [5, 5.41) is 31.0. The number of H-pyrrole nitrogens is 1. The van der Waals surface area contributed by atoms with E-state index in [4.69, 9.17) is 32.6 Å². The van der Waals surface area contributed by atoms with Gasteiger partial charge in [0.15, 0.2) is 3.95 Å². The highest BCUT2D eigenvalue weighted by Crippen LogP contribution is 2.17. The summed E-state index contributed by atoms with van der Waals surface area (Å²) in [5.74, 6) is -0.722. The number of aliphatic carboxylic acids is 2. The van der Waals surface area contributed by atoms with E-state index in [9.17, 15) is 9.59 Å². The number of aliphatic hydroxyl groups excluding tert-OH is 2. The van der Waals surface area contributed by atoms with E-state index in [0.29, 0.717) is 11.5 Å². The first-order valence-corrected chi connectivity index (χ1v) is 9.76. The van der Waals surface area contributed by atoms with Gasteiger partial charge in [-0.1, -0.05) is 12.1 Å². The van der Waals surface area contributed by atoms with Crippen LogP contribution in [0.5, 0.6) is 0 Å². The molecule has 0 aliphatic heterocycles. The average molecular weight is 442 g/mol. The van der Waals surface area contributed by atoms with Crippen molar-refractivity contribution in [3.63, 3.8) is 0 Å². The number of thiol groups is 2. The molecule has 7 nitrogen and oxygen atoms in total. The molecule has 5 N–H and O–H groups in total. The molecule has 0 unspecified atom stereocenters. The summed E-state index contributed by atoms with van der Waals surface area (Å²) in [5.41, 5.74) is 1.14. The van der Waals surface area contributed by atoms with E-state index in [1.807, 2.05) is 18.2 Å². The van der Waals surface area contributed by atoms with Crippen molar-refractivity contribution >= 4 is 71.0 Å². The smallest absolute Gasteiger partial charge is 0.304 e. The van der Waals surface area contributed by atoms with Crippen LogP contribution in [0.25, 0.3) is 10.2 Å². The Hall–Kier alpha value is -1.11. The zero-order chi connectivity index (χ0) is 20.4. The summed E-state index contributed by atoms with van der Waals surface area (Å²) < 4.78 is 2.08. The molecule has 0 radical (unpaired) electrons. The Morgan fingerprint density at radius 1 is 1.00 bits per heavy atom. The Balaban J connectivity index is 0. The number of aromatic amines is 1. The first-order valence-electron chi connectivity index (χ1n) is 7.27. The van der Waals surface area contributed by atoms with E-state index >= 15 is 0 Å². The SMILES string of the molecule is O=C(O)CCS.O=C(O)CCS.OCCO.S=c1[nH]c2ccccc2s1. The molecule has 1 aromatic carbocycles. The number of para-hydroxylation sites is 1. The van der Waals surface area contributed by atoms with Crippen molar-refractivity contribution in [1.82, 2.24) is 4.98 Å². The van der Waals surface area contributed by atoms with Crippen molar-refractivity contribution in [3.8, 4) is 0 Å². The second kappa shape index (κ2) is 18.7. The van der Waals surface area contributed by atoms with Crippen molar-refractivity contribution in [1.29, 1.82) is 0 Å². The van der Waals surface area contributed by atoms with Gasteiger partial charge in [0, 0.05) is 11.5 Å². The highest BCUT2D eigenvalue weighted by molar-refractivity contribution is 7.80. The molecule has 1 heterocycles. The van der Waals surface area contributed by atoms with E-state index < -0.39 is 11.9 Å². The molecule has 11 heteroatoms. The van der Waals surface area contributed by atoms with Crippen LogP contribution in [-0.4, -0.2) is 62.1 Å². The molecule has 0 atom stereocenters. The van der Waals surface area contributed by atoms with Crippen molar-refractivity contribution in [2.45, 2.75) is 12.8 Å². The highest BCUT2D eigenvalue weighted by atomic mass is 32.1. The van der Waals surface area contributed by atoms with Crippen LogP contribution in [0.3, 0.4) is 0 Å². The topological polar surface area (TPSA) is 131 Å². The van der Waals surface area contributed by atoms with E-state index in [-0.39, 0.29) is 26.1 Å². The number of hydrogen-bond acceptors (Lipinski definition) is 8. The first-order chi connectivity index (χ1) is 12.3. The van der Waals surface area contributed by atoms with Crippen molar-refractivity contribution < 1.29 is 30.0 Å². The summed E-state index contributed by atoms with van der Waals surface area (Å²) in [6.07, 6.45) is 0.312. The summed E-state index contributed by atoms with van der Waals surface area (Å²) in [7, 11) is 0. The van der Waals surface area contributed by atoms with Gasteiger partial charge in [-0.2, -0.15) is 25.3 Å². The molecule has 0 amide bonds. The quantitative estimate of drug-likeness (QED) is 0.280. The van der Waals surface area contributed by atoms with E-state index in [1.165, 1.54) is 4.70 Å². The van der Waals surface area contributed by atoms with Gasteiger partial charge in [0.2, 0.25) is 0 Å². The van der Waals surface area contributed by atoms with Crippen LogP contribution in [0.1, 0.15) is 12.8 Å². The molecule has 0 bridgehead atoms. The Morgan fingerprint density at radius 3 is 1.77 bits per heavy atom. The number of hydrogen-bond donors (Lipinski definition) is 7. The van der Waals surface area contributed by atoms with Crippen LogP contribution < -0.4 is 0 Å². The minimum Gasteiger partial charge on any atom is -0.481 e. The third kappa shape index (κ3) is 17.7. The predicted molar refractivity (Wildman–Crippen MR) is 113 cm³/mol. The molecular formula is C15H23NO6S4. The van der Waals surface area contributed by atoms with Crippen LogP contribution in [0.2, 0.25) is 0 Å². The molecular weight excluding hydrogens is 418 g/mol. The van der Waals surface area contributed by atoms with Gasteiger partial charge in [0.05, 0.1) is 36.3 Å². The van der Waals surface area contributed by atoms with Crippen LogP contribution in [0.4, 0.5) is 0 Å². The largest absolute Gasteiger partial charge is 0.481 e. The summed E-state index contributed by atoms with van der Waals surface area (Å²) in [6.45, 7) is -0.250. The van der Waals surface area contributed by atoms with Crippen molar-refractivity contribution in [2.24, 2.45) is 0 Å². The monoisotopic (exact) mass is 441 g/mol. The molecule has 0 saturated heterocycles. The lowest BCUT2D eigenvalue weighted by Crippen LogP contribution is -1.93. The Morgan fingerprint density at radius 2 is 1.46 bits per heavy atom. The van der Waals surface area contributed by atoms with Gasteiger partial charge in [0.1, 0.15) is 0 Å². The summed E-state index contributed by atoms with van der Waals surface area (Å²) in [6, 6.07) is 8.11. The standard InChI is InChI=1S/C7H5NS2.2C3H6O2S.C2H6O2/c9-7-8-5-3-1-2-4-6(5)10-7;2*4-3(5)1-2-6;3-1-2-4/h1-4H,(H,8,9);2*6H,1-2H2,(H,4,5);3-4H,1-2H2. The third-order valence-electron chi connectivity index (χ3n) is 2.08. The first kappa shape index (κ1) is 27.1. The van der Waals surface area contributed by atoms with Crippen LogP contribution in [0, 0.1) is 3.95 Å². The maximum absolute atomic E-state index is 9.55. The van der Waals surface area contributed by atoms with Crippen LogP contribution in [0.15, 0.2) is 24.3 Å². The molecule has 148 valence electrons. The number of aromatic nitrogens is 1. The summed E-state index contributed by atoms with van der Waals surface area (Å²) in [4.78, 5) is 22.2. The molecule has 0 aliphatic carbocycles. The fourth-order valence-electron chi connectivity index (χ4n) is 1.09. The lowest BCUT2D eigenvalue weighted by atomic mass is 10.3. The molecule has 1 aromatic heterocycles. The van der Waals surface area contributed by atoms with E-state index in [2.05, 4.69) is 36.3 Å². The number of thiazole rings is 1. The van der Waals surface area contributed by atoms with Gasteiger partial charge in [-0.3, -0.25) is 9.59 Å². The van der Waals surface area contributed by atoms with Crippen molar-refractivity contribution in [3.05, 3.63) is 28.2 Å². The molecule has 26 heavy (non-hydrogen) atoms. The zero-order valence-corrected chi connectivity index (χ0v) is 17.3. The van der Waals surface area contributed by atoms with Gasteiger partial charge in [0.25, 0.3) is 0 Å².